The lowest BCUT2D eigenvalue weighted by atomic mass is 9.81. The molecule has 0 aromatic heterocycles. The second-order valence-corrected chi connectivity index (χ2v) is 9.78. The van der Waals surface area contributed by atoms with Crippen molar-refractivity contribution in [2.75, 3.05) is 19.8 Å². The predicted molar refractivity (Wildman–Crippen MR) is 136 cm³/mol. The van der Waals surface area contributed by atoms with Gasteiger partial charge in [0.1, 0.15) is 12.7 Å². The van der Waals surface area contributed by atoms with Crippen molar-refractivity contribution in [3.8, 4) is 5.75 Å². The summed E-state index contributed by atoms with van der Waals surface area (Å²) in [4.78, 5) is 11.6. The van der Waals surface area contributed by atoms with Crippen molar-refractivity contribution < 1.29 is 28.2 Å². The van der Waals surface area contributed by atoms with Crippen LogP contribution in [0.4, 0.5) is 8.78 Å². The Balaban J connectivity index is 1.53. The third-order valence-electron chi connectivity index (χ3n) is 7.29. The third kappa shape index (κ3) is 7.50. The number of aryl methyl sites for hydroxylation is 1. The van der Waals surface area contributed by atoms with E-state index in [9.17, 15) is 18.7 Å². The third-order valence-corrected chi connectivity index (χ3v) is 7.29. The summed E-state index contributed by atoms with van der Waals surface area (Å²) in [7, 11) is 0. The standard InChI is InChI=1S/C29H39F2NO4/c1-4-29(5-2,17-21-13-22-9-7-8-10-23(22)14-21)32-18-24(33)19-36-26-16-20(15-25(30)28(26)31)11-12-27(34)35-6-3/h7-10,15-16,21,24,32-33H,4-6,11-14,17-19H2,1-3H3/t24-/m1/s1. The molecule has 0 saturated heterocycles. The van der Waals surface area contributed by atoms with Gasteiger partial charge in [0.15, 0.2) is 11.6 Å². The molecule has 0 heterocycles. The zero-order chi connectivity index (χ0) is 26.1. The molecule has 0 saturated carbocycles. The summed E-state index contributed by atoms with van der Waals surface area (Å²) in [6.07, 6.45) is 4.37. The van der Waals surface area contributed by atoms with Gasteiger partial charge in [0.2, 0.25) is 5.82 Å². The van der Waals surface area contributed by atoms with E-state index in [0.717, 1.165) is 38.2 Å². The average molecular weight is 504 g/mol. The monoisotopic (exact) mass is 503 g/mol. The van der Waals surface area contributed by atoms with Crippen molar-refractivity contribution >= 4 is 5.97 Å². The van der Waals surface area contributed by atoms with Crippen LogP contribution in [0.5, 0.6) is 5.75 Å². The number of rotatable bonds is 14. The highest BCUT2D eigenvalue weighted by Gasteiger charge is 2.32. The van der Waals surface area contributed by atoms with Crippen LogP contribution in [0.15, 0.2) is 36.4 Å². The molecule has 198 valence electrons. The SMILES string of the molecule is CCOC(=O)CCc1cc(F)c(F)c(OC[C@H](O)CNC(CC)(CC)CC2Cc3ccccc3C2)c1. The Bertz CT molecular complexity index is 984. The van der Waals surface area contributed by atoms with Crippen molar-refractivity contribution in [3.63, 3.8) is 0 Å². The number of esters is 1. The largest absolute Gasteiger partial charge is 0.488 e. The molecular formula is C29H39F2NO4. The number of halogens is 2. The summed E-state index contributed by atoms with van der Waals surface area (Å²) < 4.78 is 38.7. The van der Waals surface area contributed by atoms with Crippen LogP contribution in [-0.2, 0) is 28.8 Å². The molecule has 0 spiro atoms. The molecule has 2 aromatic carbocycles. The lowest BCUT2D eigenvalue weighted by molar-refractivity contribution is -0.143. The van der Waals surface area contributed by atoms with E-state index in [2.05, 4.69) is 43.4 Å². The molecule has 0 aliphatic heterocycles. The fraction of sp³-hybridized carbons (Fsp3) is 0.552. The maximum absolute atomic E-state index is 14.3. The van der Waals surface area contributed by atoms with Gasteiger partial charge in [-0.05, 0) is 80.2 Å². The van der Waals surface area contributed by atoms with Crippen molar-refractivity contribution in [1.29, 1.82) is 0 Å². The first-order valence-electron chi connectivity index (χ1n) is 13.0. The second kappa shape index (κ2) is 13.2. The number of nitrogens with one attached hydrogen (secondary N) is 1. The van der Waals surface area contributed by atoms with Crippen molar-refractivity contribution in [2.24, 2.45) is 5.92 Å². The van der Waals surface area contributed by atoms with Crippen LogP contribution in [0.2, 0.25) is 0 Å². The summed E-state index contributed by atoms with van der Waals surface area (Å²) in [5, 5.41) is 14.1. The van der Waals surface area contributed by atoms with Crippen LogP contribution in [0, 0.1) is 17.6 Å². The summed E-state index contributed by atoms with van der Waals surface area (Å²) in [5.41, 5.74) is 3.17. The zero-order valence-electron chi connectivity index (χ0n) is 21.6. The predicted octanol–water partition coefficient (Wildman–Crippen LogP) is 5.15. The quantitative estimate of drug-likeness (QED) is 0.349. The van der Waals surface area contributed by atoms with Crippen molar-refractivity contribution in [3.05, 3.63) is 64.7 Å². The number of aliphatic hydroxyl groups is 1. The maximum Gasteiger partial charge on any atom is 0.306 e. The van der Waals surface area contributed by atoms with E-state index < -0.39 is 23.7 Å². The first-order chi connectivity index (χ1) is 17.3. The number of carbonyl (C=O) groups excluding carboxylic acids is 1. The summed E-state index contributed by atoms with van der Waals surface area (Å²) in [6.45, 7) is 6.39. The highest BCUT2D eigenvalue weighted by atomic mass is 19.2. The van der Waals surface area contributed by atoms with E-state index in [1.54, 1.807) is 6.92 Å². The number of hydrogen-bond acceptors (Lipinski definition) is 5. The van der Waals surface area contributed by atoms with Crippen LogP contribution >= 0.6 is 0 Å². The minimum absolute atomic E-state index is 0.0626. The highest BCUT2D eigenvalue weighted by Crippen LogP contribution is 2.34. The van der Waals surface area contributed by atoms with Gasteiger partial charge in [-0.3, -0.25) is 4.79 Å². The van der Waals surface area contributed by atoms with Crippen LogP contribution in [0.25, 0.3) is 0 Å². The Morgan fingerprint density at radius 3 is 2.42 bits per heavy atom. The molecule has 1 atom stereocenters. The first-order valence-corrected chi connectivity index (χ1v) is 13.0. The molecule has 0 fully saturated rings. The molecular weight excluding hydrogens is 464 g/mol. The number of fused-ring (bicyclic) bond motifs is 1. The molecule has 5 nitrogen and oxygen atoms in total. The van der Waals surface area contributed by atoms with Crippen LogP contribution in [-0.4, -0.2) is 42.5 Å². The molecule has 0 radical (unpaired) electrons. The van der Waals surface area contributed by atoms with E-state index in [1.165, 1.54) is 17.2 Å². The second-order valence-electron chi connectivity index (χ2n) is 9.78. The zero-order valence-corrected chi connectivity index (χ0v) is 21.6. The molecule has 0 amide bonds. The molecule has 0 bridgehead atoms. The summed E-state index contributed by atoms with van der Waals surface area (Å²) >= 11 is 0. The molecule has 2 aromatic rings. The number of aliphatic hydroxyl groups excluding tert-OH is 1. The van der Waals surface area contributed by atoms with Crippen LogP contribution in [0.1, 0.15) is 63.1 Å². The fourth-order valence-corrected chi connectivity index (χ4v) is 5.13. The fourth-order valence-electron chi connectivity index (χ4n) is 5.13. The van der Waals surface area contributed by atoms with Gasteiger partial charge in [-0.1, -0.05) is 38.1 Å². The van der Waals surface area contributed by atoms with Crippen molar-refractivity contribution in [2.45, 2.75) is 77.4 Å². The minimum Gasteiger partial charge on any atom is -0.488 e. The Morgan fingerprint density at radius 2 is 1.81 bits per heavy atom. The number of carbonyl (C=O) groups is 1. The maximum atomic E-state index is 14.3. The minimum atomic E-state index is -1.10. The molecule has 36 heavy (non-hydrogen) atoms. The summed E-state index contributed by atoms with van der Waals surface area (Å²) in [5.74, 6) is -2.27. The normalized spacial score (nSPS) is 14.5. The van der Waals surface area contributed by atoms with Gasteiger partial charge in [-0.2, -0.15) is 4.39 Å². The smallest absolute Gasteiger partial charge is 0.306 e. The number of hydrogen-bond donors (Lipinski definition) is 2. The highest BCUT2D eigenvalue weighted by molar-refractivity contribution is 5.69. The van der Waals surface area contributed by atoms with E-state index in [4.69, 9.17) is 9.47 Å². The number of ether oxygens (including phenoxy) is 2. The average Bonchev–Trinajstić information content (AvgIpc) is 3.28. The van der Waals surface area contributed by atoms with E-state index >= 15 is 0 Å². The lowest BCUT2D eigenvalue weighted by Gasteiger charge is -2.36. The van der Waals surface area contributed by atoms with Crippen molar-refractivity contribution in [1.82, 2.24) is 5.32 Å². The van der Waals surface area contributed by atoms with E-state index in [0.29, 0.717) is 11.5 Å². The Morgan fingerprint density at radius 1 is 1.14 bits per heavy atom. The van der Waals surface area contributed by atoms with Crippen LogP contribution in [0.3, 0.4) is 0 Å². The molecule has 1 aliphatic rings. The number of benzene rings is 2. The number of β-amino-alcohol motifs (C(OH)–C–C–N with tert-alkyl or cyclic N) is 1. The Hall–Kier alpha value is -2.51. The lowest BCUT2D eigenvalue weighted by Crippen LogP contribution is -2.49. The van der Waals surface area contributed by atoms with Gasteiger partial charge >= 0.3 is 5.97 Å². The summed E-state index contributed by atoms with van der Waals surface area (Å²) in [6, 6.07) is 11.0. The first kappa shape index (κ1) is 28.1. The van der Waals surface area contributed by atoms with Crippen LogP contribution < -0.4 is 10.1 Å². The van der Waals surface area contributed by atoms with Gasteiger partial charge in [-0.25, -0.2) is 4.39 Å². The molecule has 1 aliphatic carbocycles. The van der Waals surface area contributed by atoms with Gasteiger partial charge in [0, 0.05) is 18.5 Å². The molecule has 2 N–H and O–H groups in total. The topological polar surface area (TPSA) is 67.8 Å². The molecule has 0 unspecified atom stereocenters. The van der Waals surface area contributed by atoms with E-state index in [1.807, 2.05) is 0 Å². The van der Waals surface area contributed by atoms with E-state index in [-0.39, 0.29) is 43.9 Å². The van der Waals surface area contributed by atoms with Gasteiger partial charge in [0.05, 0.1) is 6.61 Å². The van der Waals surface area contributed by atoms with Gasteiger partial charge < -0.3 is 19.9 Å². The molecule has 3 rings (SSSR count). The Labute approximate surface area is 213 Å². The molecule has 7 heteroatoms. The van der Waals surface area contributed by atoms with Gasteiger partial charge in [-0.15, -0.1) is 0 Å². The van der Waals surface area contributed by atoms with Gasteiger partial charge in [0.25, 0.3) is 0 Å². The Kier molecular flexibility index (Phi) is 10.3.